The smallest absolute Gasteiger partial charge is 0.327 e. The largest absolute Gasteiger partial charge is 0.480 e. The predicted octanol–water partition coefficient (Wildman–Crippen LogP) is -0.749. The lowest BCUT2D eigenvalue weighted by atomic mass is 10.2. The summed E-state index contributed by atoms with van der Waals surface area (Å²) in [4.78, 5) is 23.9. The van der Waals surface area contributed by atoms with E-state index in [9.17, 15) is 9.59 Å². The first-order chi connectivity index (χ1) is 7.61. The van der Waals surface area contributed by atoms with Crippen molar-refractivity contribution in [2.24, 2.45) is 0 Å². The van der Waals surface area contributed by atoms with Gasteiger partial charge in [0.05, 0.1) is 5.88 Å². The van der Waals surface area contributed by atoms with Crippen LogP contribution in [0.5, 0.6) is 0 Å². The number of carbonyl (C=O) groups is 2. The highest BCUT2D eigenvalue weighted by molar-refractivity contribution is 7.99. The molecule has 3 N–H and O–H groups in total. The second-order valence-electron chi connectivity index (χ2n) is 3.13. The van der Waals surface area contributed by atoms with Gasteiger partial charge in [0, 0.05) is 5.75 Å². The molecule has 9 heteroatoms. The van der Waals surface area contributed by atoms with Crippen LogP contribution in [-0.4, -0.2) is 49.9 Å². The number of anilines is 1. The van der Waals surface area contributed by atoms with Gasteiger partial charge in [-0.2, -0.15) is 0 Å². The van der Waals surface area contributed by atoms with Crippen LogP contribution in [0.2, 0.25) is 0 Å². The van der Waals surface area contributed by atoms with Gasteiger partial charge in [0.2, 0.25) is 11.5 Å². The van der Waals surface area contributed by atoms with Gasteiger partial charge in [-0.1, -0.05) is 0 Å². The summed E-state index contributed by atoms with van der Waals surface area (Å²) in [6.07, 6.45) is 0. The summed E-state index contributed by atoms with van der Waals surface area (Å²) < 4.78 is 4.29. The van der Waals surface area contributed by atoms with Crippen molar-refractivity contribution >= 4 is 29.5 Å². The fourth-order valence-electron chi connectivity index (χ4n) is 1.33. The molecule has 0 spiro atoms. The molecule has 0 aliphatic carbocycles. The highest BCUT2D eigenvalue weighted by atomic mass is 32.2. The van der Waals surface area contributed by atoms with E-state index in [1.165, 1.54) is 16.7 Å². The Balaban J connectivity index is 2.22. The summed E-state index contributed by atoms with van der Waals surface area (Å²) >= 11 is 1.35. The van der Waals surface area contributed by atoms with Gasteiger partial charge in [0.1, 0.15) is 6.04 Å². The maximum atomic E-state index is 11.9. The zero-order chi connectivity index (χ0) is 11.7. The fraction of sp³-hybridized carbons (Fsp3) is 0.429. The standard InChI is InChI=1S/C7H8N4O4S/c8-5-4(9-15-10-5)6(12)11-2-16-1-3(11)7(13)14/h3H,1-2H2,(H2,8,10)(H,13,14)/t3-/m0/s1. The van der Waals surface area contributed by atoms with Gasteiger partial charge in [-0.05, 0) is 10.3 Å². The second-order valence-corrected chi connectivity index (χ2v) is 4.13. The van der Waals surface area contributed by atoms with E-state index in [4.69, 9.17) is 10.8 Å². The number of aromatic nitrogens is 2. The van der Waals surface area contributed by atoms with Crippen LogP contribution in [-0.2, 0) is 4.79 Å². The third kappa shape index (κ3) is 1.69. The molecule has 1 amide bonds. The van der Waals surface area contributed by atoms with E-state index in [1.54, 1.807) is 0 Å². The van der Waals surface area contributed by atoms with Crippen LogP contribution in [0.4, 0.5) is 5.82 Å². The molecule has 0 saturated carbocycles. The Kier molecular flexibility index (Phi) is 2.69. The van der Waals surface area contributed by atoms with Crippen LogP contribution in [0.25, 0.3) is 0 Å². The predicted molar refractivity (Wildman–Crippen MR) is 53.6 cm³/mol. The summed E-state index contributed by atoms with van der Waals surface area (Å²) in [5.74, 6) is -1.11. The molecule has 86 valence electrons. The van der Waals surface area contributed by atoms with E-state index in [-0.39, 0.29) is 11.5 Å². The first kappa shape index (κ1) is 10.7. The third-order valence-corrected chi connectivity index (χ3v) is 3.16. The number of rotatable bonds is 2. The Morgan fingerprint density at radius 3 is 2.88 bits per heavy atom. The molecule has 1 fully saturated rings. The summed E-state index contributed by atoms with van der Waals surface area (Å²) in [6, 6.07) is -0.853. The van der Waals surface area contributed by atoms with Gasteiger partial charge >= 0.3 is 5.97 Å². The summed E-state index contributed by atoms with van der Waals surface area (Å²) in [7, 11) is 0. The second kappa shape index (κ2) is 4.00. The first-order valence-corrected chi connectivity index (χ1v) is 5.46. The van der Waals surface area contributed by atoms with Crippen molar-refractivity contribution < 1.29 is 19.3 Å². The number of nitrogens with zero attached hydrogens (tertiary/aromatic N) is 3. The minimum absolute atomic E-state index is 0.133. The lowest BCUT2D eigenvalue weighted by molar-refractivity contribution is -0.140. The van der Waals surface area contributed by atoms with Crippen molar-refractivity contribution in [2.45, 2.75) is 6.04 Å². The molecular weight excluding hydrogens is 236 g/mol. The minimum Gasteiger partial charge on any atom is -0.480 e. The van der Waals surface area contributed by atoms with Crippen molar-refractivity contribution in [3.8, 4) is 0 Å². The molecule has 2 rings (SSSR count). The number of thioether (sulfide) groups is 1. The molecule has 0 unspecified atom stereocenters. The molecule has 1 atom stereocenters. The summed E-state index contributed by atoms with van der Waals surface area (Å²) in [6.45, 7) is 0. The lowest BCUT2D eigenvalue weighted by Gasteiger charge is -2.18. The molecule has 0 aromatic carbocycles. The number of amides is 1. The number of carbonyl (C=O) groups excluding carboxylic acids is 1. The molecule has 16 heavy (non-hydrogen) atoms. The molecular formula is C7H8N4O4S. The van der Waals surface area contributed by atoms with Gasteiger partial charge < -0.3 is 15.7 Å². The molecule has 2 heterocycles. The molecule has 1 aromatic rings. The summed E-state index contributed by atoms with van der Waals surface area (Å²) in [5.41, 5.74) is 5.22. The van der Waals surface area contributed by atoms with Crippen LogP contribution in [0.1, 0.15) is 10.5 Å². The monoisotopic (exact) mass is 244 g/mol. The Labute approximate surface area is 93.7 Å². The van der Waals surface area contributed by atoms with Gasteiger partial charge in [-0.3, -0.25) is 4.79 Å². The normalized spacial score (nSPS) is 20.0. The van der Waals surface area contributed by atoms with Gasteiger partial charge in [-0.25, -0.2) is 9.42 Å². The minimum atomic E-state index is -1.05. The zero-order valence-electron chi connectivity index (χ0n) is 7.99. The van der Waals surface area contributed by atoms with Crippen molar-refractivity contribution in [3.63, 3.8) is 0 Å². The number of carboxylic acids is 1. The molecule has 1 aliphatic heterocycles. The topological polar surface area (TPSA) is 123 Å². The van der Waals surface area contributed by atoms with E-state index >= 15 is 0 Å². The molecule has 0 radical (unpaired) electrons. The van der Waals surface area contributed by atoms with Crippen LogP contribution in [0.15, 0.2) is 4.63 Å². The average Bonchev–Trinajstić information content (AvgIpc) is 2.84. The van der Waals surface area contributed by atoms with E-state index < -0.39 is 17.9 Å². The van der Waals surface area contributed by atoms with Crippen LogP contribution < -0.4 is 5.73 Å². The lowest BCUT2D eigenvalue weighted by Crippen LogP contribution is -2.42. The SMILES string of the molecule is Nc1nonc1C(=O)N1CSC[C@H]1C(=O)O. The Morgan fingerprint density at radius 2 is 2.31 bits per heavy atom. The summed E-state index contributed by atoms with van der Waals surface area (Å²) in [5, 5.41) is 15.5. The number of hydrogen-bond acceptors (Lipinski definition) is 7. The molecule has 1 saturated heterocycles. The zero-order valence-corrected chi connectivity index (χ0v) is 8.81. The third-order valence-electron chi connectivity index (χ3n) is 2.14. The van der Waals surface area contributed by atoms with Crippen molar-refractivity contribution in [3.05, 3.63) is 5.69 Å². The number of carboxylic acid groups (broad SMARTS) is 1. The van der Waals surface area contributed by atoms with Crippen molar-refractivity contribution in [1.29, 1.82) is 0 Å². The molecule has 8 nitrogen and oxygen atoms in total. The Morgan fingerprint density at radius 1 is 1.56 bits per heavy atom. The first-order valence-electron chi connectivity index (χ1n) is 4.31. The fourth-order valence-corrected chi connectivity index (χ4v) is 2.47. The van der Waals surface area contributed by atoms with Crippen molar-refractivity contribution in [2.75, 3.05) is 17.4 Å². The van der Waals surface area contributed by atoms with E-state index in [0.717, 1.165) is 0 Å². The molecule has 0 bridgehead atoms. The van der Waals surface area contributed by atoms with Crippen LogP contribution in [0, 0.1) is 0 Å². The maximum absolute atomic E-state index is 11.9. The highest BCUT2D eigenvalue weighted by Crippen LogP contribution is 2.23. The number of nitrogens with two attached hydrogens (primary N) is 1. The molecule has 1 aliphatic rings. The Hall–Kier alpha value is -1.77. The van der Waals surface area contributed by atoms with Gasteiger partial charge in [0.25, 0.3) is 5.91 Å². The van der Waals surface area contributed by atoms with Crippen molar-refractivity contribution in [1.82, 2.24) is 15.2 Å². The highest BCUT2D eigenvalue weighted by Gasteiger charge is 2.37. The van der Waals surface area contributed by atoms with E-state index in [2.05, 4.69) is 14.9 Å². The van der Waals surface area contributed by atoms with E-state index in [1.807, 2.05) is 0 Å². The molecule has 1 aromatic heterocycles. The Bertz CT molecular complexity index is 434. The van der Waals surface area contributed by atoms with E-state index in [0.29, 0.717) is 11.6 Å². The van der Waals surface area contributed by atoms with Crippen LogP contribution >= 0.6 is 11.8 Å². The van der Waals surface area contributed by atoms with Crippen LogP contribution in [0.3, 0.4) is 0 Å². The van der Waals surface area contributed by atoms with Gasteiger partial charge in [0.15, 0.2) is 0 Å². The maximum Gasteiger partial charge on any atom is 0.327 e. The van der Waals surface area contributed by atoms with Gasteiger partial charge in [-0.15, -0.1) is 11.8 Å². The average molecular weight is 244 g/mol. The quantitative estimate of drug-likeness (QED) is 0.696. The number of hydrogen-bond donors (Lipinski definition) is 2. The number of aliphatic carboxylic acids is 1. The number of nitrogen functional groups attached to an aromatic ring is 1.